The van der Waals surface area contributed by atoms with Gasteiger partial charge in [-0.1, -0.05) is 17.7 Å². The first-order valence-corrected chi connectivity index (χ1v) is 6.72. The zero-order valence-electron chi connectivity index (χ0n) is 11.8. The van der Waals surface area contributed by atoms with Crippen LogP contribution in [0.3, 0.4) is 0 Å². The van der Waals surface area contributed by atoms with Gasteiger partial charge in [0, 0.05) is 16.9 Å². The first kappa shape index (κ1) is 16.4. The van der Waals surface area contributed by atoms with Gasteiger partial charge in [0.15, 0.2) is 0 Å². The van der Waals surface area contributed by atoms with E-state index in [0.29, 0.717) is 16.3 Å². The van der Waals surface area contributed by atoms with Crippen molar-refractivity contribution in [2.24, 2.45) is 0 Å². The van der Waals surface area contributed by atoms with Crippen molar-refractivity contribution in [2.75, 3.05) is 5.32 Å². The molecule has 1 heterocycles. The van der Waals surface area contributed by atoms with Crippen LogP contribution in [-0.2, 0) is 0 Å². The molecule has 0 fully saturated rings. The van der Waals surface area contributed by atoms with E-state index >= 15 is 0 Å². The Labute approximate surface area is 135 Å². The molecule has 118 valence electrons. The van der Waals surface area contributed by atoms with Gasteiger partial charge in [-0.3, -0.25) is 9.78 Å². The van der Waals surface area contributed by atoms with Crippen molar-refractivity contribution in [1.29, 1.82) is 0 Å². The van der Waals surface area contributed by atoms with E-state index in [1.165, 1.54) is 0 Å². The second-order valence-electron chi connectivity index (χ2n) is 4.56. The first-order chi connectivity index (χ1) is 10.8. The fraction of sp³-hybridized carbons (Fsp3) is 0.0667. The molecule has 0 aliphatic rings. The van der Waals surface area contributed by atoms with Gasteiger partial charge in [0.05, 0.1) is 5.56 Å². The SMILES string of the molecule is Cc1c(Cl)cccc1NC(=O)c1nccc(C(=O)O)c1C(=O)O. The van der Waals surface area contributed by atoms with Crippen LogP contribution in [0.15, 0.2) is 30.5 Å². The van der Waals surface area contributed by atoms with Crippen molar-refractivity contribution in [3.05, 3.63) is 57.9 Å². The number of carboxylic acid groups (broad SMARTS) is 2. The van der Waals surface area contributed by atoms with Crippen LogP contribution in [0.2, 0.25) is 5.02 Å². The predicted octanol–water partition coefficient (Wildman–Crippen LogP) is 2.69. The number of nitrogens with zero attached hydrogens (tertiary/aromatic N) is 1. The Morgan fingerprint density at radius 2 is 1.83 bits per heavy atom. The number of pyridine rings is 1. The lowest BCUT2D eigenvalue weighted by Crippen LogP contribution is -2.21. The van der Waals surface area contributed by atoms with Crippen LogP contribution in [0.4, 0.5) is 5.69 Å². The summed E-state index contributed by atoms with van der Waals surface area (Å²) in [6, 6.07) is 5.86. The molecule has 0 unspecified atom stereocenters. The monoisotopic (exact) mass is 334 g/mol. The maximum Gasteiger partial charge on any atom is 0.339 e. The number of carboxylic acids is 2. The summed E-state index contributed by atoms with van der Waals surface area (Å²) >= 11 is 5.95. The number of hydrogen-bond acceptors (Lipinski definition) is 4. The van der Waals surface area contributed by atoms with Crippen LogP contribution in [0, 0.1) is 6.92 Å². The number of amides is 1. The number of rotatable bonds is 4. The molecular weight excluding hydrogens is 324 g/mol. The smallest absolute Gasteiger partial charge is 0.339 e. The Kier molecular flexibility index (Phi) is 4.61. The highest BCUT2D eigenvalue weighted by Crippen LogP contribution is 2.24. The molecule has 2 aromatic rings. The lowest BCUT2D eigenvalue weighted by Gasteiger charge is -2.11. The predicted molar refractivity (Wildman–Crippen MR) is 82.3 cm³/mol. The molecule has 0 radical (unpaired) electrons. The Morgan fingerprint density at radius 1 is 1.13 bits per heavy atom. The first-order valence-electron chi connectivity index (χ1n) is 6.35. The van der Waals surface area contributed by atoms with E-state index in [-0.39, 0.29) is 0 Å². The molecule has 1 aromatic heterocycles. The van der Waals surface area contributed by atoms with Gasteiger partial charge in [-0.2, -0.15) is 0 Å². The number of hydrogen-bond donors (Lipinski definition) is 3. The van der Waals surface area contributed by atoms with Crippen molar-refractivity contribution in [3.63, 3.8) is 0 Å². The second kappa shape index (κ2) is 6.45. The molecule has 0 saturated heterocycles. The van der Waals surface area contributed by atoms with Gasteiger partial charge in [-0.15, -0.1) is 0 Å². The van der Waals surface area contributed by atoms with Crippen LogP contribution in [0.1, 0.15) is 36.8 Å². The number of anilines is 1. The van der Waals surface area contributed by atoms with Gasteiger partial charge < -0.3 is 15.5 Å². The molecule has 0 atom stereocenters. The molecule has 7 nitrogen and oxygen atoms in total. The summed E-state index contributed by atoms with van der Waals surface area (Å²) < 4.78 is 0. The van der Waals surface area contributed by atoms with Crippen LogP contribution < -0.4 is 5.32 Å². The minimum atomic E-state index is -1.55. The molecule has 8 heteroatoms. The summed E-state index contributed by atoms with van der Waals surface area (Å²) in [6.45, 7) is 1.68. The molecule has 1 aromatic carbocycles. The highest BCUT2D eigenvalue weighted by Gasteiger charge is 2.25. The normalized spacial score (nSPS) is 10.2. The third-order valence-corrected chi connectivity index (χ3v) is 3.54. The van der Waals surface area contributed by atoms with Crippen molar-refractivity contribution in [3.8, 4) is 0 Å². The van der Waals surface area contributed by atoms with Gasteiger partial charge in [0.25, 0.3) is 5.91 Å². The van der Waals surface area contributed by atoms with Crippen molar-refractivity contribution >= 4 is 35.1 Å². The highest BCUT2D eigenvalue weighted by molar-refractivity contribution is 6.31. The van der Waals surface area contributed by atoms with E-state index in [4.69, 9.17) is 16.7 Å². The Morgan fingerprint density at radius 3 is 2.43 bits per heavy atom. The highest BCUT2D eigenvalue weighted by atomic mass is 35.5. The molecule has 0 spiro atoms. The number of aromatic carboxylic acids is 2. The van der Waals surface area contributed by atoms with Gasteiger partial charge in [0.1, 0.15) is 11.3 Å². The van der Waals surface area contributed by atoms with Crippen LogP contribution in [0.25, 0.3) is 0 Å². The van der Waals surface area contributed by atoms with Crippen LogP contribution in [0.5, 0.6) is 0 Å². The number of halogens is 1. The lowest BCUT2D eigenvalue weighted by atomic mass is 10.1. The Bertz CT molecular complexity index is 820. The molecule has 2 rings (SSSR count). The molecule has 0 saturated carbocycles. The van der Waals surface area contributed by atoms with Gasteiger partial charge in [0.2, 0.25) is 0 Å². The van der Waals surface area contributed by atoms with Crippen LogP contribution in [-0.4, -0.2) is 33.0 Å². The number of carbonyl (C=O) groups is 3. The van der Waals surface area contributed by atoms with Crippen LogP contribution >= 0.6 is 11.6 Å². The van der Waals surface area contributed by atoms with E-state index in [2.05, 4.69) is 10.3 Å². The minimum Gasteiger partial charge on any atom is -0.478 e. The Hall–Kier alpha value is -2.93. The number of benzene rings is 1. The average Bonchev–Trinajstić information content (AvgIpc) is 2.50. The zero-order chi connectivity index (χ0) is 17.1. The van der Waals surface area contributed by atoms with Crippen molar-refractivity contribution in [1.82, 2.24) is 4.98 Å². The standard InChI is InChI=1S/C15H11ClN2O5/c1-7-9(16)3-2-4-10(7)18-13(19)12-11(15(22)23)8(14(20)21)5-6-17-12/h2-6H,1H3,(H,18,19)(H,20,21)(H,22,23). The van der Waals surface area contributed by atoms with E-state index in [1.807, 2.05) is 0 Å². The van der Waals surface area contributed by atoms with Gasteiger partial charge in [-0.05, 0) is 30.7 Å². The summed E-state index contributed by atoms with van der Waals surface area (Å²) in [6.07, 6.45) is 1.07. The summed E-state index contributed by atoms with van der Waals surface area (Å²) in [4.78, 5) is 38.4. The summed E-state index contributed by atoms with van der Waals surface area (Å²) in [7, 11) is 0. The zero-order valence-corrected chi connectivity index (χ0v) is 12.6. The topological polar surface area (TPSA) is 117 Å². The summed E-state index contributed by atoms with van der Waals surface area (Å²) in [5.41, 5.74) is -0.704. The summed E-state index contributed by atoms with van der Waals surface area (Å²) in [5.74, 6) is -3.85. The third-order valence-electron chi connectivity index (χ3n) is 3.13. The maximum atomic E-state index is 12.3. The fourth-order valence-electron chi connectivity index (χ4n) is 1.95. The largest absolute Gasteiger partial charge is 0.478 e. The molecule has 23 heavy (non-hydrogen) atoms. The molecule has 1 amide bonds. The molecular formula is C15H11ClN2O5. The quantitative estimate of drug-likeness (QED) is 0.791. The van der Waals surface area contributed by atoms with E-state index in [9.17, 15) is 19.5 Å². The number of aromatic nitrogens is 1. The maximum absolute atomic E-state index is 12.3. The summed E-state index contributed by atoms with van der Waals surface area (Å²) in [5, 5.41) is 21.2. The van der Waals surface area contributed by atoms with Gasteiger partial charge in [-0.25, -0.2) is 9.59 Å². The van der Waals surface area contributed by atoms with Crippen molar-refractivity contribution < 1.29 is 24.6 Å². The molecule has 3 N–H and O–H groups in total. The minimum absolute atomic E-state index is 0.376. The van der Waals surface area contributed by atoms with E-state index in [1.54, 1.807) is 25.1 Å². The lowest BCUT2D eigenvalue weighted by molar-refractivity contribution is 0.0649. The number of nitrogens with one attached hydrogen (secondary N) is 1. The molecule has 0 aliphatic carbocycles. The molecule has 0 bridgehead atoms. The second-order valence-corrected chi connectivity index (χ2v) is 4.97. The third kappa shape index (κ3) is 3.29. The van der Waals surface area contributed by atoms with E-state index < -0.39 is 34.7 Å². The molecule has 0 aliphatic heterocycles. The fourth-order valence-corrected chi connectivity index (χ4v) is 2.13. The van der Waals surface area contributed by atoms with Gasteiger partial charge >= 0.3 is 11.9 Å². The Balaban J connectivity index is 2.48. The van der Waals surface area contributed by atoms with Crippen molar-refractivity contribution in [2.45, 2.75) is 6.92 Å². The number of carbonyl (C=O) groups excluding carboxylic acids is 1. The van der Waals surface area contributed by atoms with E-state index in [0.717, 1.165) is 12.3 Å². The average molecular weight is 335 g/mol.